The zero-order valence-corrected chi connectivity index (χ0v) is 16.3. The van der Waals surface area contributed by atoms with Gasteiger partial charge in [-0.3, -0.25) is 4.79 Å². The zero-order chi connectivity index (χ0) is 19.1. The van der Waals surface area contributed by atoms with E-state index in [0.717, 1.165) is 0 Å². The van der Waals surface area contributed by atoms with Crippen LogP contribution in [0.1, 0.15) is 39.7 Å². The van der Waals surface area contributed by atoms with Crippen LogP contribution in [0.5, 0.6) is 0 Å². The summed E-state index contributed by atoms with van der Waals surface area (Å²) in [4.78, 5) is 10.9. The van der Waals surface area contributed by atoms with Crippen molar-refractivity contribution in [3.05, 3.63) is 60.2 Å². The predicted octanol–water partition coefficient (Wildman–Crippen LogP) is 5.22. The van der Waals surface area contributed by atoms with Gasteiger partial charge >= 0.3 is 5.97 Å². The van der Waals surface area contributed by atoms with E-state index in [0.29, 0.717) is 19.6 Å². The largest absolute Gasteiger partial charge is 0.466 e. The van der Waals surface area contributed by atoms with Crippen molar-refractivity contribution in [3.8, 4) is 11.1 Å². The van der Waals surface area contributed by atoms with E-state index in [-0.39, 0.29) is 11.9 Å². The van der Waals surface area contributed by atoms with Crippen LogP contribution < -0.4 is 5.73 Å². The highest BCUT2D eigenvalue weighted by atomic mass is 16.5. The van der Waals surface area contributed by atoms with Gasteiger partial charge in [0.25, 0.3) is 0 Å². The summed E-state index contributed by atoms with van der Waals surface area (Å²) < 4.78 is 4.76. The molecule has 1 atom stereocenters. The average Bonchev–Trinajstić information content (AvgIpc) is 2.66. The summed E-state index contributed by atoms with van der Waals surface area (Å²) in [6.07, 6.45) is 0.707. The first-order valence-electron chi connectivity index (χ1n) is 9.07. The predicted molar refractivity (Wildman–Crippen MR) is 107 cm³/mol. The molecule has 0 spiro atoms. The van der Waals surface area contributed by atoms with E-state index in [2.05, 4.69) is 55.5 Å². The number of carbonyl (C=O) groups is 1. The monoisotopic (exact) mass is 343 g/mol. The number of aryl methyl sites for hydroxylation is 1. The van der Waals surface area contributed by atoms with Crippen molar-refractivity contribution in [2.75, 3.05) is 13.2 Å². The molecule has 0 aliphatic rings. The van der Waals surface area contributed by atoms with Crippen LogP contribution >= 0.6 is 0 Å². The summed E-state index contributed by atoms with van der Waals surface area (Å²) in [6, 6.07) is 19.0. The molecule has 0 bridgehead atoms. The lowest BCUT2D eigenvalue weighted by Gasteiger charge is -2.07. The van der Waals surface area contributed by atoms with Gasteiger partial charge in [-0.25, -0.2) is 0 Å². The van der Waals surface area contributed by atoms with Crippen molar-refractivity contribution in [1.29, 1.82) is 0 Å². The minimum atomic E-state index is -0.145. The molecular weight excluding hydrogens is 310 g/mol. The Bertz CT molecular complexity index is 564. The second kappa shape index (κ2) is 14.2. The molecule has 2 aromatic rings. The number of benzene rings is 2. The number of esters is 1. The van der Waals surface area contributed by atoms with Crippen LogP contribution in [-0.4, -0.2) is 19.1 Å². The molecule has 1 unspecified atom stereocenters. The zero-order valence-electron chi connectivity index (χ0n) is 16.3. The fraction of sp³-hybridized carbons (Fsp3) is 0.409. The van der Waals surface area contributed by atoms with E-state index in [1.54, 1.807) is 6.92 Å². The van der Waals surface area contributed by atoms with Gasteiger partial charge < -0.3 is 10.5 Å². The third-order valence-electron chi connectivity index (χ3n) is 3.45. The van der Waals surface area contributed by atoms with Gasteiger partial charge in [-0.1, -0.05) is 80.9 Å². The minimum absolute atomic E-state index is 0.0510. The summed E-state index contributed by atoms with van der Waals surface area (Å²) >= 11 is 0. The fourth-order valence-electron chi connectivity index (χ4n) is 2.03. The Kier molecular flexibility index (Phi) is 13.0. The molecule has 0 heterocycles. The molecule has 0 radical (unpaired) electrons. The summed E-state index contributed by atoms with van der Waals surface area (Å²) in [5.41, 5.74) is 9.12. The summed E-state index contributed by atoms with van der Waals surface area (Å²) in [5, 5.41) is 0. The van der Waals surface area contributed by atoms with Crippen LogP contribution in [-0.2, 0) is 9.53 Å². The number of hydrogen-bond donors (Lipinski definition) is 1. The summed E-state index contributed by atoms with van der Waals surface area (Å²) in [5.74, 6) is -0.196. The maximum absolute atomic E-state index is 10.9. The average molecular weight is 344 g/mol. The van der Waals surface area contributed by atoms with Crippen LogP contribution in [0.3, 0.4) is 0 Å². The number of ether oxygens (including phenoxy) is 1. The van der Waals surface area contributed by atoms with Crippen LogP contribution in [0.2, 0.25) is 0 Å². The number of hydrogen-bond acceptors (Lipinski definition) is 3. The quantitative estimate of drug-likeness (QED) is 0.757. The van der Waals surface area contributed by atoms with Crippen molar-refractivity contribution in [1.82, 2.24) is 0 Å². The molecule has 0 saturated carbocycles. The molecule has 138 valence electrons. The topological polar surface area (TPSA) is 52.3 Å². The van der Waals surface area contributed by atoms with Crippen LogP contribution in [0, 0.1) is 12.8 Å². The Morgan fingerprint density at radius 1 is 1.00 bits per heavy atom. The first kappa shape index (κ1) is 22.9. The van der Waals surface area contributed by atoms with E-state index in [9.17, 15) is 4.79 Å². The number of carbonyl (C=O) groups excluding carboxylic acids is 1. The van der Waals surface area contributed by atoms with Gasteiger partial charge in [0.2, 0.25) is 0 Å². The first-order chi connectivity index (χ1) is 12.1. The van der Waals surface area contributed by atoms with Crippen LogP contribution in [0.15, 0.2) is 54.6 Å². The lowest BCUT2D eigenvalue weighted by molar-refractivity contribution is -0.147. The molecule has 0 aromatic heterocycles. The van der Waals surface area contributed by atoms with Crippen molar-refractivity contribution in [3.63, 3.8) is 0 Å². The lowest BCUT2D eigenvalue weighted by atomic mass is 10.0. The second-order valence-corrected chi connectivity index (χ2v) is 5.46. The smallest absolute Gasteiger partial charge is 0.308 e. The molecular formula is C22H33NO2. The maximum Gasteiger partial charge on any atom is 0.308 e. The van der Waals surface area contributed by atoms with Crippen molar-refractivity contribution < 1.29 is 9.53 Å². The molecule has 3 heteroatoms. The number of rotatable bonds is 5. The van der Waals surface area contributed by atoms with E-state index < -0.39 is 0 Å². The van der Waals surface area contributed by atoms with Gasteiger partial charge in [-0.05, 0) is 37.9 Å². The van der Waals surface area contributed by atoms with Gasteiger partial charge in [0, 0.05) is 0 Å². The minimum Gasteiger partial charge on any atom is -0.466 e. The Morgan fingerprint density at radius 3 is 2.00 bits per heavy atom. The molecule has 0 fully saturated rings. The maximum atomic E-state index is 10.9. The summed E-state index contributed by atoms with van der Waals surface area (Å²) in [6.45, 7) is 10.7. The molecule has 0 amide bonds. The van der Waals surface area contributed by atoms with Gasteiger partial charge in [-0.2, -0.15) is 0 Å². The van der Waals surface area contributed by atoms with Gasteiger partial charge in [0.15, 0.2) is 0 Å². The highest BCUT2D eigenvalue weighted by Crippen LogP contribution is 2.18. The van der Waals surface area contributed by atoms with Gasteiger partial charge in [0.05, 0.1) is 12.5 Å². The second-order valence-electron chi connectivity index (χ2n) is 5.46. The van der Waals surface area contributed by atoms with Crippen LogP contribution in [0.25, 0.3) is 11.1 Å². The highest BCUT2D eigenvalue weighted by molar-refractivity contribution is 5.71. The highest BCUT2D eigenvalue weighted by Gasteiger charge is 2.11. The molecule has 2 aromatic carbocycles. The molecule has 0 saturated heterocycles. The SMILES string of the molecule is CC.CCOC(=O)C(C)CCN.Cc1ccc(-c2ccccc2)cc1. The van der Waals surface area contributed by atoms with Gasteiger partial charge in [0.1, 0.15) is 0 Å². The van der Waals surface area contributed by atoms with Crippen molar-refractivity contribution in [2.24, 2.45) is 11.7 Å². The number of nitrogens with two attached hydrogens (primary N) is 1. The van der Waals surface area contributed by atoms with Gasteiger partial charge in [-0.15, -0.1) is 0 Å². The van der Waals surface area contributed by atoms with Crippen molar-refractivity contribution >= 4 is 5.97 Å². The normalized spacial score (nSPS) is 10.5. The standard InChI is InChI=1S/C13H12.C7H15NO2.C2H6/c1-11-7-9-13(10-8-11)12-5-3-2-4-6-12;1-3-10-7(9)6(2)4-5-8;1-2/h2-10H,1H3;6H,3-5,8H2,1-2H3;1-2H3. The van der Waals surface area contributed by atoms with E-state index in [1.165, 1.54) is 16.7 Å². The summed E-state index contributed by atoms with van der Waals surface area (Å²) in [7, 11) is 0. The van der Waals surface area contributed by atoms with Crippen molar-refractivity contribution in [2.45, 2.75) is 41.0 Å². The van der Waals surface area contributed by atoms with Crippen LogP contribution in [0.4, 0.5) is 0 Å². The van der Waals surface area contributed by atoms with E-state index >= 15 is 0 Å². The molecule has 2 rings (SSSR count). The molecule has 3 nitrogen and oxygen atoms in total. The lowest BCUT2D eigenvalue weighted by Crippen LogP contribution is -2.17. The molecule has 0 aliphatic heterocycles. The Morgan fingerprint density at radius 2 is 1.52 bits per heavy atom. The Balaban J connectivity index is 0.000000434. The third-order valence-corrected chi connectivity index (χ3v) is 3.45. The Labute approximate surface area is 153 Å². The molecule has 2 N–H and O–H groups in total. The van der Waals surface area contributed by atoms with E-state index in [4.69, 9.17) is 10.5 Å². The third kappa shape index (κ3) is 9.68. The fourth-order valence-corrected chi connectivity index (χ4v) is 2.03. The molecule has 25 heavy (non-hydrogen) atoms. The van der Waals surface area contributed by atoms with E-state index in [1.807, 2.05) is 26.8 Å². The Hall–Kier alpha value is -2.13. The molecule has 0 aliphatic carbocycles. The first-order valence-corrected chi connectivity index (χ1v) is 9.07.